The molecule has 4 nitrogen and oxygen atoms in total. The van der Waals surface area contributed by atoms with Gasteiger partial charge >= 0.3 is 0 Å². The lowest BCUT2D eigenvalue weighted by molar-refractivity contribution is 0.602. The number of nitrogens with zero attached hydrogens (tertiary/aromatic N) is 1. The van der Waals surface area contributed by atoms with Crippen LogP contribution in [0.3, 0.4) is 0 Å². The maximum Gasteiger partial charge on any atom is 0.175 e. The van der Waals surface area contributed by atoms with Gasteiger partial charge < -0.3 is 5.32 Å². The Bertz CT molecular complexity index is 793. The van der Waals surface area contributed by atoms with E-state index < -0.39 is 15.7 Å². The largest absolute Gasteiger partial charge is 0.380 e. The Morgan fingerprint density at radius 3 is 2.43 bits per heavy atom. The minimum atomic E-state index is -3.21. The molecule has 0 spiro atoms. The van der Waals surface area contributed by atoms with E-state index in [0.29, 0.717) is 12.2 Å². The fourth-order valence-electron chi connectivity index (χ4n) is 1.81. The van der Waals surface area contributed by atoms with Crippen LogP contribution in [0, 0.1) is 17.1 Å². The van der Waals surface area contributed by atoms with Crippen molar-refractivity contribution in [1.29, 1.82) is 5.26 Å². The molecule has 108 valence electrons. The predicted octanol–water partition coefficient (Wildman–Crippen LogP) is 2.71. The van der Waals surface area contributed by atoms with Gasteiger partial charge in [0, 0.05) is 12.8 Å². The van der Waals surface area contributed by atoms with Gasteiger partial charge in [-0.05, 0) is 35.9 Å². The van der Waals surface area contributed by atoms with E-state index >= 15 is 0 Å². The summed E-state index contributed by atoms with van der Waals surface area (Å²) in [6, 6.07) is 12.3. The molecule has 0 radical (unpaired) electrons. The van der Waals surface area contributed by atoms with E-state index in [1.165, 1.54) is 24.3 Å². The van der Waals surface area contributed by atoms with Gasteiger partial charge in [0.1, 0.15) is 11.9 Å². The van der Waals surface area contributed by atoms with Crippen molar-refractivity contribution in [2.24, 2.45) is 0 Å². The van der Waals surface area contributed by atoms with Gasteiger partial charge in [-0.2, -0.15) is 5.26 Å². The molecule has 0 aliphatic carbocycles. The summed E-state index contributed by atoms with van der Waals surface area (Å²) in [5.74, 6) is -0.463. The van der Waals surface area contributed by atoms with E-state index in [2.05, 4.69) is 5.32 Å². The second-order valence-corrected chi connectivity index (χ2v) is 6.59. The fraction of sp³-hybridized carbons (Fsp3) is 0.133. The molecule has 0 aliphatic rings. The first kappa shape index (κ1) is 15.0. The third-order valence-corrected chi connectivity index (χ3v) is 4.07. The summed E-state index contributed by atoms with van der Waals surface area (Å²) in [7, 11) is -3.21. The van der Waals surface area contributed by atoms with Gasteiger partial charge in [-0.1, -0.05) is 12.1 Å². The summed E-state index contributed by atoms with van der Waals surface area (Å²) in [6.45, 7) is 0.407. The van der Waals surface area contributed by atoms with Gasteiger partial charge in [0.2, 0.25) is 0 Å². The Morgan fingerprint density at radius 1 is 1.19 bits per heavy atom. The predicted molar refractivity (Wildman–Crippen MR) is 78.0 cm³/mol. The van der Waals surface area contributed by atoms with Gasteiger partial charge in [0.15, 0.2) is 9.84 Å². The first-order chi connectivity index (χ1) is 9.90. The fourth-order valence-corrected chi connectivity index (χ4v) is 2.45. The summed E-state index contributed by atoms with van der Waals surface area (Å²) in [6.07, 6.45) is 1.15. The highest BCUT2D eigenvalue weighted by atomic mass is 32.2. The Kier molecular flexibility index (Phi) is 4.24. The third kappa shape index (κ3) is 3.80. The van der Waals surface area contributed by atoms with Crippen LogP contribution in [0.2, 0.25) is 0 Å². The number of halogens is 1. The summed E-state index contributed by atoms with van der Waals surface area (Å²) in [5.41, 5.74) is 1.62. The zero-order chi connectivity index (χ0) is 15.5. The van der Waals surface area contributed by atoms with Crippen molar-refractivity contribution in [3.63, 3.8) is 0 Å². The molecule has 0 aliphatic heterocycles. The van der Waals surface area contributed by atoms with Crippen molar-refractivity contribution in [2.75, 3.05) is 11.6 Å². The number of anilines is 1. The van der Waals surface area contributed by atoms with Gasteiger partial charge in [0.05, 0.1) is 16.1 Å². The summed E-state index contributed by atoms with van der Waals surface area (Å²) < 4.78 is 35.7. The minimum absolute atomic E-state index is 0.225. The van der Waals surface area contributed by atoms with Crippen LogP contribution < -0.4 is 5.32 Å². The zero-order valence-corrected chi connectivity index (χ0v) is 12.1. The molecule has 0 saturated carbocycles. The van der Waals surface area contributed by atoms with Crippen molar-refractivity contribution < 1.29 is 12.8 Å². The molecule has 1 N–H and O–H groups in total. The normalized spacial score (nSPS) is 10.9. The standard InChI is InChI=1S/C15H13FN2O2S/c1-21(19,20)14-5-2-11(3-6-14)10-18-15-7-4-13(16)8-12(15)9-17/h2-8,18H,10H2,1H3. The van der Waals surface area contributed by atoms with Crippen LogP contribution in [0.25, 0.3) is 0 Å². The maximum atomic E-state index is 13.0. The van der Waals surface area contributed by atoms with E-state index in [1.807, 2.05) is 6.07 Å². The number of nitriles is 1. The molecule has 0 aromatic heterocycles. The van der Waals surface area contributed by atoms with E-state index in [1.54, 1.807) is 12.1 Å². The van der Waals surface area contributed by atoms with Crippen LogP contribution in [0.4, 0.5) is 10.1 Å². The summed E-state index contributed by atoms with van der Waals surface area (Å²) >= 11 is 0. The highest BCUT2D eigenvalue weighted by molar-refractivity contribution is 7.90. The van der Waals surface area contributed by atoms with Crippen LogP contribution in [0.1, 0.15) is 11.1 Å². The molecule has 21 heavy (non-hydrogen) atoms. The van der Waals surface area contributed by atoms with Crippen molar-refractivity contribution in [3.05, 3.63) is 59.4 Å². The van der Waals surface area contributed by atoms with Crippen molar-refractivity contribution in [3.8, 4) is 6.07 Å². The molecule has 2 aromatic carbocycles. The maximum absolute atomic E-state index is 13.0. The van der Waals surface area contributed by atoms with E-state index in [9.17, 15) is 12.8 Å². The molecule has 0 bridgehead atoms. The molecule has 0 heterocycles. The molecule has 2 rings (SSSR count). The Hall–Kier alpha value is -2.39. The lowest BCUT2D eigenvalue weighted by atomic mass is 10.1. The molecular formula is C15H13FN2O2S. The Labute approximate surface area is 122 Å². The van der Waals surface area contributed by atoms with Crippen LogP contribution in [0.15, 0.2) is 47.4 Å². The van der Waals surface area contributed by atoms with Gasteiger partial charge in [-0.3, -0.25) is 0 Å². The SMILES string of the molecule is CS(=O)(=O)c1ccc(CNc2ccc(F)cc2C#N)cc1. The van der Waals surface area contributed by atoms with E-state index in [-0.39, 0.29) is 10.5 Å². The first-order valence-corrected chi connectivity index (χ1v) is 8.02. The molecule has 6 heteroatoms. The number of rotatable bonds is 4. The molecule has 0 saturated heterocycles. The smallest absolute Gasteiger partial charge is 0.175 e. The lowest BCUT2D eigenvalue weighted by Gasteiger charge is -2.09. The second-order valence-electron chi connectivity index (χ2n) is 4.57. The Balaban J connectivity index is 2.12. The topological polar surface area (TPSA) is 70.0 Å². The summed E-state index contributed by atoms with van der Waals surface area (Å²) in [4.78, 5) is 0.255. The minimum Gasteiger partial charge on any atom is -0.380 e. The highest BCUT2D eigenvalue weighted by Gasteiger charge is 2.07. The monoisotopic (exact) mass is 304 g/mol. The van der Waals surface area contributed by atoms with Gasteiger partial charge in [-0.25, -0.2) is 12.8 Å². The van der Waals surface area contributed by atoms with Crippen LogP contribution in [0.5, 0.6) is 0 Å². The highest BCUT2D eigenvalue weighted by Crippen LogP contribution is 2.17. The van der Waals surface area contributed by atoms with E-state index in [4.69, 9.17) is 5.26 Å². The van der Waals surface area contributed by atoms with Gasteiger partial charge in [-0.15, -0.1) is 0 Å². The van der Waals surface area contributed by atoms with Crippen LogP contribution >= 0.6 is 0 Å². The van der Waals surface area contributed by atoms with Crippen LogP contribution in [-0.2, 0) is 16.4 Å². The Morgan fingerprint density at radius 2 is 1.86 bits per heavy atom. The molecule has 0 unspecified atom stereocenters. The lowest BCUT2D eigenvalue weighted by Crippen LogP contribution is -2.02. The molecule has 2 aromatic rings. The van der Waals surface area contributed by atoms with Gasteiger partial charge in [0.25, 0.3) is 0 Å². The number of sulfone groups is 1. The second kappa shape index (κ2) is 5.94. The molecule has 0 fully saturated rings. The zero-order valence-electron chi connectivity index (χ0n) is 11.3. The molecule has 0 amide bonds. The quantitative estimate of drug-likeness (QED) is 0.943. The number of hydrogen-bond acceptors (Lipinski definition) is 4. The van der Waals surface area contributed by atoms with Crippen LogP contribution in [-0.4, -0.2) is 14.7 Å². The number of nitrogens with one attached hydrogen (secondary N) is 1. The summed E-state index contributed by atoms with van der Waals surface area (Å²) in [5, 5.41) is 12.0. The molecular weight excluding hydrogens is 291 g/mol. The third-order valence-electron chi connectivity index (χ3n) is 2.94. The number of benzene rings is 2. The average Bonchev–Trinajstić information content (AvgIpc) is 2.45. The van der Waals surface area contributed by atoms with Crippen molar-refractivity contribution in [1.82, 2.24) is 0 Å². The number of hydrogen-bond donors (Lipinski definition) is 1. The van der Waals surface area contributed by atoms with E-state index in [0.717, 1.165) is 17.9 Å². The average molecular weight is 304 g/mol. The van der Waals surface area contributed by atoms with Crippen molar-refractivity contribution >= 4 is 15.5 Å². The van der Waals surface area contributed by atoms with Crippen molar-refractivity contribution in [2.45, 2.75) is 11.4 Å². The molecule has 0 atom stereocenters. The first-order valence-electron chi connectivity index (χ1n) is 6.12.